The number of benzene rings is 2. The van der Waals surface area contributed by atoms with Crippen molar-refractivity contribution in [2.45, 2.75) is 39.8 Å². The number of aromatic nitrogens is 2. The molecule has 0 aliphatic carbocycles. The van der Waals surface area contributed by atoms with E-state index in [1.165, 1.54) is 32.7 Å². The minimum absolute atomic E-state index is 0.227. The van der Waals surface area contributed by atoms with Crippen molar-refractivity contribution in [3.8, 4) is 11.1 Å². The normalized spacial score (nSPS) is 14.7. The summed E-state index contributed by atoms with van der Waals surface area (Å²) in [6, 6.07) is 13.2. The number of nitrogens with zero attached hydrogens (tertiary/aromatic N) is 3. The summed E-state index contributed by atoms with van der Waals surface area (Å²) < 4.78 is 1.33. The van der Waals surface area contributed by atoms with Gasteiger partial charge in [0.05, 0.1) is 23.1 Å². The number of thiophene rings is 1. The van der Waals surface area contributed by atoms with Crippen LogP contribution in [0.2, 0.25) is 0 Å². The Morgan fingerprint density at radius 2 is 1.85 bits per heavy atom. The van der Waals surface area contributed by atoms with Gasteiger partial charge in [-0.2, -0.15) is 0 Å². The molecule has 0 radical (unpaired) electrons. The van der Waals surface area contributed by atoms with E-state index in [2.05, 4.69) is 16.4 Å². The Hall–Kier alpha value is -3.78. The summed E-state index contributed by atoms with van der Waals surface area (Å²) in [5.74, 6) is -0.645. The molecule has 2 amide bonds. The fraction of sp³-hybridized carbons (Fsp3) is 0.231. The zero-order chi connectivity index (χ0) is 24.2. The van der Waals surface area contributed by atoms with Crippen LogP contribution in [0.15, 0.2) is 59.0 Å². The topological polar surface area (TPSA) is 84.3 Å². The first-order valence-corrected chi connectivity index (χ1v) is 11.8. The van der Waals surface area contributed by atoms with E-state index in [1.54, 1.807) is 32.0 Å². The highest BCUT2D eigenvalue weighted by Crippen LogP contribution is 2.37. The van der Waals surface area contributed by atoms with Crippen LogP contribution in [0.5, 0.6) is 0 Å². The molecular formula is C26H24N4O3S. The molecule has 4 aromatic rings. The molecule has 1 aliphatic rings. The standard InChI is InChI=1S/C26H24N4O3S/c1-15-9-10-17(11-16(15)2)18-13-34-23-22(18)24(32)29(14-27-23)12-21(31)30-20-8-6-5-7-19(20)28-25(33)26(30,3)4/h5-11,13-14H,12H2,1-4H3,(H,28,33). The van der Waals surface area contributed by atoms with Crippen molar-refractivity contribution in [1.29, 1.82) is 0 Å². The molecular weight excluding hydrogens is 448 g/mol. The van der Waals surface area contributed by atoms with E-state index in [1.807, 2.05) is 37.4 Å². The number of hydrogen-bond acceptors (Lipinski definition) is 5. The zero-order valence-corrected chi connectivity index (χ0v) is 20.2. The van der Waals surface area contributed by atoms with Crippen LogP contribution in [0.3, 0.4) is 0 Å². The van der Waals surface area contributed by atoms with E-state index >= 15 is 0 Å². The summed E-state index contributed by atoms with van der Waals surface area (Å²) in [5.41, 5.74) is 3.85. The minimum Gasteiger partial charge on any atom is -0.322 e. The summed E-state index contributed by atoms with van der Waals surface area (Å²) in [7, 11) is 0. The molecule has 0 bridgehead atoms. The minimum atomic E-state index is -1.11. The largest absolute Gasteiger partial charge is 0.322 e. The SMILES string of the molecule is Cc1ccc(-c2csc3ncn(CC(=O)N4c5ccccc5NC(=O)C4(C)C)c(=O)c23)cc1C. The summed E-state index contributed by atoms with van der Waals surface area (Å²) >= 11 is 1.41. The van der Waals surface area contributed by atoms with Gasteiger partial charge in [0.2, 0.25) is 11.8 Å². The maximum Gasteiger partial charge on any atom is 0.263 e. The number of nitrogens with one attached hydrogen (secondary N) is 1. The molecule has 0 atom stereocenters. The predicted molar refractivity (Wildman–Crippen MR) is 135 cm³/mol. The molecule has 0 saturated heterocycles. The number of carbonyl (C=O) groups is 2. The van der Waals surface area contributed by atoms with Gasteiger partial charge in [-0.3, -0.25) is 23.9 Å². The third kappa shape index (κ3) is 3.42. The summed E-state index contributed by atoms with van der Waals surface area (Å²) in [4.78, 5) is 46.3. The van der Waals surface area contributed by atoms with Gasteiger partial charge in [-0.1, -0.05) is 30.3 Å². The van der Waals surface area contributed by atoms with Gasteiger partial charge in [-0.25, -0.2) is 4.98 Å². The second kappa shape index (κ2) is 7.92. The summed E-state index contributed by atoms with van der Waals surface area (Å²) in [6.45, 7) is 7.24. The quantitative estimate of drug-likeness (QED) is 0.476. The molecule has 2 aromatic carbocycles. The van der Waals surface area contributed by atoms with E-state index in [-0.39, 0.29) is 23.9 Å². The third-order valence-corrected chi connectivity index (χ3v) is 7.33. The second-order valence-corrected chi connectivity index (χ2v) is 9.92. The smallest absolute Gasteiger partial charge is 0.263 e. The molecule has 172 valence electrons. The van der Waals surface area contributed by atoms with Crippen molar-refractivity contribution >= 4 is 44.7 Å². The van der Waals surface area contributed by atoms with Gasteiger partial charge in [0, 0.05) is 10.9 Å². The molecule has 0 fully saturated rings. The van der Waals surface area contributed by atoms with E-state index in [0.717, 1.165) is 16.7 Å². The first-order chi connectivity index (χ1) is 16.2. The lowest BCUT2D eigenvalue weighted by molar-refractivity contribution is -0.126. The third-order valence-electron chi connectivity index (χ3n) is 6.44. The lowest BCUT2D eigenvalue weighted by Crippen LogP contribution is -2.59. The lowest BCUT2D eigenvalue weighted by atomic mass is 9.96. The van der Waals surface area contributed by atoms with E-state index in [0.29, 0.717) is 21.6 Å². The van der Waals surface area contributed by atoms with Crippen LogP contribution in [0, 0.1) is 13.8 Å². The first-order valence-electron chi connectivity index (χ1n) is 11.0. The predicted octanol–water partition coefficient (Wildman–Crippen LogP) is 4.51. The van der Waals surface area contributed by atoms with Crippen LogP contribution in [0.1, 0.15) is 25.0 Å². The molecule has 0 unspecified atom stereocenters. The molecule has 3 heterocycles. The Morgan fingerprint density at radius 1 is 1.09 bits per heavy atom. The Labute approximate surface area is 200 Å². The van der Waals surface area contributed by atoms with Gasteiger partial charge >= 0.3 is 0 Å². The highest BCUT2D eigenvalue weighted by atomic mass is 32.1. The molecule has 1 N–H and O–H groups in total. The Kier molecular flexibility index (Phi) is 5.13. The molecule has 34 heavy (non-hydrogen) atoms. The van der Waals surface area contributed by atoms with Crippen molar-refractivity contribution in [1.82, 2.24) is 9.55 Å². The van der Waals surface area contributed by atoms with Crippen molar-refractivity contribution in [3.63, 3.8) is 0 Å². The monoisotopic (exact) mass is 472 g/mol. The van der Waals surface area contributed by atoms with Crippen LogP contribution in [0.25, 0.3) is 21.3 Å². The van der Waals surface area contributed by atoms with Crippen molar-refractivity contribution in [2.24, 2.45) is 0 Å². The lowest BCUT2D eigenvalue weighted by Gasteiger charge is -2.42. The number of carbonyl (C=O) groups excluding carboxylic acids is 2. The van der Waals surface area contributed by atoms with Crippen LogP contribution in [0.4, 0.5) is 11.4 Å². The van der Waals surface area contributed by atoms with E-state index in [9.17, 15) is 14.4 Å². The number of anilines is 2. The fourth-order valence-corrected chi connectivity index (χ4v) is 5.22. The van der Waals surface area contributed by atoms with Crippen LogP contribution in [-0.4, -0.2) is 26.9 Å². The summed E-state index contributed by atoms with van der Waals surface area (Å²) in [5, 5.41) is 5.29. The van der Waals surface area contributed by atoms with Crippen LogP contribution < -0.4 is 15.8 Å². The van der Waals surface area contributed by atoms with Gasteiger partial charge in [-0.05, 0) is 56.5 Å². The Morgan fingerprint density at radius 3 is 2.62 bits per heavy atom. The highest BCUT2D eigenvalue weighted by Gasteiger charge is 2.43. The van der Waals surface area contributed by atoms with Gasteiger partial charge < -0.3 is 5.32 Å². The summed E-state index contributed by atoms with van der Waals surface area (Å²) in [6.07, 6.45) is 1.41. The van der Waals surface area contributed by atoms with Gasteiger partial charge in [0.25, 0.3) is 5.56 Å². The Balaban J connectivity index is 1.57. The molecule has 7 nitrogen and oxygen atoms in total. The van der Waals surface area contributed by atoms with Crippen molar-refractivity contribution < 1.29 is 9.59 Å². The molecule has 8 heteroatoms. The van der Waals surface area contributed by atoms with Gasteiger partial charge in [0.15, 0.2) is 0 Å². The zero-order valence-electron chi connectivity index (χ0n) is 19.4. The van der Waals surface area contributed by atoms with Crippen LogP contribution >= 0.6 is 11.3 Å². The van der Waals surface area contributed by atoms with Gasteiger partial charge in [-0.15, -0.1) is 11.3 Å². The number of rotatable bonds is 3. The average Bonchev–Trinajstić information content (AvgIpc) is 3.23. The molecule has 5 rings (SSSR count). The second-order valence-electron chi connectivity index (χ2n) is 9.07. The molecule has 1 aliphatic heterocycles. The van der Waals surface area contributed by atoms with Gasteiger partial charge in [0.1, 0.15) is 16.9 Å². The number of para-hydroxylation sites is 2. The van der Waals surface area contributed by atoms with Crippen LogP contribution in [-0.2, 0) is 16.1 Å². The molecule has 2 aromatic heterocycles. The van der Waals surface area contributed by atoms with Crippen molar-refractivity contribution in [3.05, 3.63) is 75.7 Å². The van der Waals surface area contributed by atoms with E-state index < -0.39 is 5.54 Å². The molecule has 0 saturated carbocycles. The maximum absolute atomic E-state index is 13.5. The maximum atomic E-state index is 13.5. The fourth-order valence-electron chi connectivity index (χ4n) is 4.32. The van der Waals surface area contributed by atoms with Crippen molar-refractivity contribution in [2.75, 3.05) is 10.2 Å². The molecule has 0 spiro atoms. The highest BCUT2D eigenvalue weighted by molar-refractivity contribution is 7.17. The number of amides is 2. The Bertz CT molecular complexity index is 1530. The number of aryl methyl sites for hydroxylation is 2. The average molecular weight is 473 g/mol. The number of hydrogen-bond donors (Lipinski definition) is 1. The number of fused-ring (bicyclic) bond motifs is 2. The first kappa shape index (κ1) is 22.0. The van der Waals surface area contributed by atoms with E-state index in [4.69, 9.17) is 0 Å².